The number of carbonyl (C=O) groups is 1. The van der Waals surface area contributed by atoms with Gasteiger partial charge in [-0.2, -0.15) is 0 Å². The first-order valence-corrected chi connectivity index (χ1v) is 6.99. The van der Waals surface area contributed by atoms with Gasteiger partial charge in [0.25, 0.3) is 0 Å². The lowest BCUT2D eigenvalue weighted by Gasteiger charge is -2.45. The molecule has 1 aliphatic heterocycles. The molecule has 1 heterocycles. The van der Waals surface area contributed by atoms with Crippen LogP contribution < -0.4 is 4.74 Å². The fourth-order valence-corrected chi connectivity index (χ4v) is 3.09. The molecule has 0 amide bonds. The van der Waals surface area contributed by atoms with Crippen molar-refractivity contribution >= 4 is 5.97 Å². The van der Waals surface area contributed by atoms with Gasteiger partial charge in [-0.1, -0.05) is 43.3 Å². The molecule has 0 radical (unpaired) electrons. The van der Waals surface area contributed by atoms with Crippen LogP contribution in [0.5, 0.6) is 11.5 Å². The van der Waals surface area contributed by atoms with Crippen LogP contribution in [0.15, 0.2) is 48.5 Å². The van der Waals surface area contributed by atoms with E-state index in [0.717, 1.165) is 22.6 Å². The van der Waals surface area contributed by atoms with Gasteiger partial charge in [-0.25, -0.2) is 0 Å². The normalized spacial score (nSPS) is 15.6. The molecule has 3 nitrogen and oxygen atoms in total. The molecule has 2 aromatic rings. The molecule has 108 valence electrons. The molecule has 0 aliphatic carbocycles. The first kappa shape index (κ1) is 13.7. The van der Waals surface area contributed by atoms with Crippen molar-refractivity contribution in [1.82, 2.24) is 0 Å². The maximum absolute atomic E-state index is 11.9. The Morgan fingerprint density at radius 2 is 1.43 bits per heavy atom. The highest BCUT2D eigenvalue weighted by atomic mass is 16.5. The number of carboxylic acid groups (broad SMARTS) is 1. The largest absolute Gasteiger partial charge is 0.481 e. The zero-order valence-electron chi connectivity index (χ0n) is 12.4. The van der Waals surface area contributed by atoms with E-state index in [-0.39, 0.29) is 0 Å². The van der Waals surface area contributed by atoms with Gasteiger partial charge in [-0.05, 0) is 26.0 Å². The molecule has 0 saturated heterocycles. The van der Waals surface area contributed by atoms with Crippen LogP contribution in [0.25, 0.3) is 0 Å². The van der Waals surface area contributed by atoms with Crippen molar-refractivity contribution < 1.29 is 14.6 Å². The summed E-state index contributed by atoms with van der Waals surface area (Å²) < 4.78 is 5.95. The van der Waals surface area contributed by atoms with Gasteiger partial charge in [0.1, 0.15) is 11.5 Å². The number of rotatable bonds is 2. The Kier molecular flexibility index (Phi) is 2.84. The molecule has 0 saturated carbocycles. The maximum Gasteiger partial charge on any atom is 0.310 e. The number of ether oxygens (including phenoxy) is 1. The second-order valence-corrected chi connectivity index (χ2v) is 6.15. The van der Waals surface area contributed by atoms with Crippen LogP contribution in [0.3, 0.4) is 0 Å². The maximum atomic E-state index is 11.9. The number of para-hydroxylation sites is 2. The summed E-state index contributed by atoms with van der Waals surface area (Å²) in [5.74, 6) is 0.637. The minimum atomic E-state index is -0.969. The van der Waals surface area contributed by atoms with Gasteiger partial charge in [0.2, 0.25) is 0 Å². The Balaban J connectivity index is 2.36. The van der Waals surface area contributed by atoms with Gasteiger partial charge in [-0.3, -0.25) is 4.79 Å². The first-order valence-electron chi connectivity index (χ1n) is 6.99. The monoisotopic (exact) mass is 282 g/mol. The second-order valence-electron chi connectivity index (χ2n) is 6.15. The highest BCUT2D eigenvalue weighted by Crippen LogP contribution is 2.55. The van der Waals surface area contributed by atoms with Crippen molar-refractivity contribution in [1.29, 1.82) is 0 Å². The quantitative estimate of drug-likeness (QED) is 0.897. The van der Waals surface area contributed by atoms with Gasteiger partial charge >= 0.3 is 5.97 Å². The van der Waals surface area contributed by atoms with E-state index in [9.17, 15) is 9.90 Å². The smallest absolute Gasteiger partial charge is 0.310 e. The van der Waals surface area contributed by atoms with E-state index in [1.165, 1.54) is 0 Å². The van der Waals surface area contributed by atoms with Crippen molar-refractivity contribution in [2.45, 2.75) is 26.2 Å². The average Bonchev–Trinajstić information content (AvgIpc) is 2.47. The summed E-state index contributed by atoms with van der Waals surface area (Å²) in [4.78, 5) is 11.9. The zero-order valence-corrected chi connectivity index (χ0v) is 12.4. The van der Waals surface area contributed by atoms with E-state index in [2.05, 4.69) is 0 Å². The number of fused-ring (bicyclic) bond motifs is 2. The molecule has 1 N–H and O–H groups in total. The number of hydrogen-bond donors (Lipinski definition) is 1. The second kappa shape index (κ2) is 4.35. The van der Waals surface area contributed by atoms with E-state index >= 15 is 0 Å². The van der Waals surface area contributed by atoms with Gasteiger partial charge in [-0.15, -0.1) is 0 Å². The summed E-state index contributed by atoms with van der Waals surface area (Å²) in [5.41, 5.74) is 0.194. The summed E-state index contributed by atoms with van der Waals surface area (Å²) in [6.45, 7) is 5.53. The van der Waals surface area contributed by atoms with E-state index in [1.54, 1.807) is 13.8 Å². The molecule has 0 unspecified atom stereocenters. The lowest BCUT2D eigenvalue weighted by atomic mass is 9.58. The van der Waals surface area contributed by atoms with Gasteiger partial charge in [0.05, 0.1) is 5.41 Å². The number of aliphatic carboxylic acids is 1. The number of carboxylic acids is 1. The van der Waals surface area contributed by atoms with Crippen LogP contribution in [0.1, 0.15) is 31.9 Å². The van der Waals surface area contributed by atoms with Crippen molar-refractivity contribution in [2.24, 2.45) is 5.41 Å². The Morgan fingerprint density at radius 1 is 1.00 bits per heavy atom. The van der Waals surface area contributed by atoms with E-state index in [1.807, 2.05) is 55.5 Å². The zero-order chi connectivity index (χ0) is 15.3. The molecule has 0 aromatic heterocycles. The van der Waals surface area contributed by atoms with Gasteiger partial charge in [0, 0.05) is 16.5 Å². The van der Waals surface area contributed by atoms with Crippen LogP contribution in [0.2, 0.25) is 0 Å². The molecule has 0 fully saturated rings. The average molecular weight is 282 g/mol. The summed E-state index contributed by atoms with van der Waals surface area (Å²) in [5, 5.41) is 9.77. The third-order valence-electron chi connectivity index (χ3n) is 4.86. The van der Waals surface area contributed by atoms with E-state index < -0.39 is 16.8 Å². The van der Waals surface area contributed by atoms with Gasteiger partial charge in [0.15, 0.2) is 0 Å². The summed E-state index contributed by atoms with van der Waals surface area (Å²) in [6.07, 6.45) is 0. The van der Waals surface area contributed by atoms with Crippen molar-refractivity contribution in [3.05, 3.63) is 59.7 Å². The van der Waals surface area contributed by atoms with Crippen LogP contribution in [-0.4, -0.2) is 11.1 Å². The number of benzene rings is 2. The topological polar surface area (TPSA) is 46.5 Å². The molecule has 0 spiro atoms. The molecule has 1 aliphatic rings. The minimum Gasteiger partial charge on any atom is -0.481 e. The Hall–Kier alpha value is -2.29. The summed E-state index contributed by atoms with van der Waals surface area (Å²) in [7, 11) is 0. The number of hydrogen-bond acceptors (Lipinski definition) is 2. The molecule has 0 atom stereocenters. The Morgan fingerprint density at radius 3 is 1.86 bits per heavy atom. The third kappa shape index (κ3) is 1.70. The van der Waals surface area contributed by atoms with Crippen LogP contribution in [-0.2, 0) is 10.2 Å². The standard InChI is InChI=1S/C18H18O3/c1-17(2,16(19)20)18(3)12-8-4-6-10-14(12)21-15-11-7-5-9-13(15)18/h4-11H,1-3H3,(H,19,20). The van der Waals surface area contributed by atoms with Crippen molar-refractivity contribution in [3.8, 4) is 11.5 Å². The SMILES string of the molecule is CC(C)(C(=O)O)C1(C)c2ccccc2Oc2ccccc21. The van der Waals surface area contributed by atoms with Crippen molar-refractivity contribution in [3.63, 3.8) is 0 Å². The fraction of sp³-hybridized carbons (Fsp3) is 0.278. The molecule has 0 bridgehead atoms. The van der Waals surface area contributed by atoms with Crippen LogP contribution >= 0.6 is 0 Å². The minimum absolute atomic E-state index is 0.662. The third-order valence-corrected chi connectivity index (χ3v) is 4.86. The predicted octanol–water partition coefficient (Wildman–Crippen LogP) is 4.21. The van der Waals surface area contributed by atoms with Crippen molar-refractivity contribution in [2.75, 3.05) is 0 Å². The fourth-order valence-electron chi connectivity index (χ4n) is 3.09. The first-order chi connectivity index (χ1) is 9.89. The predicted molar refractivity (Wildman–Crippen MR) is 80.8 cm³/mol. The highest BCUT2D eigenvalue weighted by molar-refractivity contribution is 5.79. The van der Waals surface area contributed by atoms with E-state index in [4.69, 9.17) is 4.74 Å². The molecule has 2 aromatic carbocycles. The molecule has 3 heteroatoms. The highest BCUT2D eigenvalue weighted by Gasteiger charge is 2.53. The molecular formula is C18H18O3. The molecule has 3 rings (SSSR count). The van der Waals surface area contributed by atoms with Gasteiger partial charge < -0.3 is 9.84 Å². The lowest BCUT2D eigenvalue weighted by molar-refractivity contribution is -0.150. The summed E-state index contributed by atoms with van der Waals surface area (Å²) >= 11 is 0. The molecule has 21 heavy (non-hydrogen) atoms. The Bertz CT molecular complexity index is 670. The van der Waals surface area contributed by atoms with Crippen LogP contribution in [0.4, 0.5) is 0 Å². The lowest BCUT2D eigenvalue weighted by Crippen LogP contribution is -2.47. The molecular weight excluding hydrogens is 264 g/mol. The Labute approximate surface area is 124 Å². The summed E-state index contributed by atoms with van der Waals surface area (Å²) in [6, 6.07) is 15.3. The van der Waals surface area contributed by atoms with Crippen LogP contribution in [0, 0.1) is 5.41 Å². The van der Waals surface area contributed by atoms with E-state index in [0.29, 0.717) is 0 Å².